The first-order valence-electron chi connectivity index (χ1n) is 6.24. The number of carbonyl (C=O) groups is 1. The first-order valence-corrected chi connectivity index (χ1v) is 6.24. The van der Waals surface area contributed by atoms with Crippen LogP contribution in [-0.2, 0) is 9.53 Å². The Kier molecular flexibility index (Phi) is 6.32. The molecule has 0 saturated heterocycles. The largest absolute Gasteiger partial charge is 0.492 e. The summed E-state index contributed by atoms with van der Waals surface area (Å²) in [6.45, 7) is 3.16. The second-order valence-electron chi connectivity index (χ2n) is 4.55. The molecule has 1 unspecified atom stereocenters. The van der Waals surface area contributed by atoms with E-state index in [0.717, 1.165) is 12.3 Å². The maximum atomic E-state index is 11.7. The van der Waals surface area contributed by atoms with Gasteiger partial charge in [0.05, 0.1) is 0 Å². The molecule has 0 saturated carbocycles. The minimum atomic E-state index is -0.474. The smallest absolute Gasteiger partial charge is 0.253 e. The highest BCUT2D eigenvalue weighted by molar-refractivity contribution is 5.94. The van der Waals surface area contributed by atoms with Crippen LogP contribution >= 0.6 is 0 Å². The Morgan fingerprint density at radius 3 is 2.79 bits per heavy atom. The van der Waals surface area contributed by atoms with E-state index >= 15 is 0 Å². The number of anilines is 1. The summed E-state index contributed by atoms with van der Waals surface area (Å²) in [5.41, 5.74) is 0.705. The second kappa shape index (κ2) is 7.76. The molecule has 1 aromatic rings. The van der Waals surface area contributed by atoms with Crippen LogP contribution in [0.1, 0.15) is 6.92 Å². The molecular weight excluding hydrogens is 244 g/mol. The molecule has 1 amide bonds. The Bertz CT molecular complexity index is 407. The summed E-state index contributed by atoms with van der Waals surface area (Å²) in [6.07, 6.45) is -0.474. The molecule has 0 aliphatic carbocycles. The van der Waals surface area contributed by atoms with Crippen molar-refractivity contribution in [3.8, 4) is 5.75 Å². The maximum absolute atomic E-state index is 11.7. The lowest BCUT2D eigenvalue weighted by molar-refractivity contribution is -0.124. The number of hydrogen-bond donors (Lipinski definition) is 1. The fourth-order valence-corrected chi connectivity index (χ4v) is 1.36. The van der Waals surface area contributed by atoms with Crippen molar-refractivity contribution in [3.05, 3.63) is 24.3 Å². The van der Waals surface area contributed by atoms with Gasteiger partial charge in [-0.15, -0.1) is 0 Å². The topological polar surface area (TPSA) is 50.8 Å². The zero-order valence-electron chi connectivity index (χ0n) is 12.0. The first-order chi connectivity index (χ1) is 9.02. The van der Waals surface area contributed by atoms with Crippen LogP contribution in [0.3, 0.4) is 0 Å². The Hall–Kier alpha value is -1.59. The minimum absolute atomic E-state index is 0.173. The summed E-state index contributed by atoms with van der Waals surface area (Å²) >= 11 is 0. The van der Waals surface area contributed by atoms with Crippen molar-refractivity contribution in [2.24, 2.45) is 0 Å². The lowest BCUT2D eigenvalue weighted by Crippen LogP contribution is -2.26. The van der Waals surface area contributed by atoms with E-state index in [9.17, 15) is 4.79 Å². The standard InChI is InChI=1S/C14H22N2O3/c1-11(18-4)14(17)15-12-6-5-7-13(10-12)19-9-8-16(2)3/h5-7,10-11H,8-9H2,1-4H3,(H,15,17). The number of rotatable bonds is 7. The molecule has 0 bridgehead atoms. The van der Waals surface area contributed by atoms with Gasteiger partial charge in [0, 0.05) is 25.4 Å². The summed E-state index contributed by atoms with van der Waals surface area (Å²) in [5.74, 6) is 0.567. The summed E-state index contributed by atoms with van der Waals surface area (Å²) in [6, 6.07) is 7.33. The number of nitrogens with one attached hydrogen (secondary N) is 1. The van der Waals surface area contributed by atoms with Gasteiger partial charge >= 0.3 is 0 Å². The van der Waals surface area contributed by atoms with Gasteiger partial charge in [-0.25, -0.2) is 0 Å². The lowest BCUT2D eigenvalue weighted by atomic mass is 10.3. The van der Waals surface area contributed by atoms with Crippen LogP contribution in [0, 0.1) is 0 Å². The molecule has 19 heavy (non-hydrogen) atoms. The van der Waals surface area contributed by atoms with Gasteiger partial charge in [0.1, 0.15) is 18.5 Å². The van der Waals surface area contributed by atoms with Gasteiger partial charge in [-0.3, -0.25) is 4.79 Å². The van der Waals surface area contributed by atoms with E-state index in [2.05, 4.69) is 5.32 Å². The van der Waals surface area contributed by atoms with E-state index in [1.165, 1.54) is 7.11 Å². The van der Waals surface area contributed by atoms with Gasteiger partial charge in [0.25, 0.3) is 5.91 Å². The van der Waals surface area contributed by atoms with E-state index in [1.54, 1.807) is 13.0 Å². The highest BCUT2D eigenvalue weighted by atomic mass is 16.5. The molecule has 5 heteroatoms. The normalized spacial score (nSPS) is 12.3. The van der Waals surface area contributed by atoms with E-state index in [-0.39, 0.29) is 5.91 Å². The number of ether oxygens (including phenoxy) is 2. The molecule has 0 heterocycles. The van der Waals surface area contributed by atoms with Gasteiger partial charge in [-0.05, 0) is 33.2 Å². The number of carbonyl (C=O) groups excluding carboxylic acids is 1. The van der Waals surface area contributed by atoms with Crippen LogP contribution in [0.2, 0.25) is 0 Å². The lowest BCUT2D eigenvalue weighted by Gasteiger charge is -2.13. The quantitative estimate of drug-likeness (QED) is 0.814. The Morgan fingerprint density at radius 1 is 1.42 bits per heavy atom. The Balaban J connectivity index is 2.54. The third kappa shape index (κ3) is 5.72. The van der Waals surface area contributed by atoms with Crippen molar-refractivity contribution < 1.29 is 14.3 Å². The van der Waals surface area contributed by atoms with Crippen LogP contribution in [0.5, 0.6) is 5.75 Å². The molecule has 0 aliphatic rings. The number of nitrogens with zero attached hydrogens (tertiary/aromatic N) is 1. The van der Waals surface area contributed by atoms with E-state index in [1.807, 2.05) is 37.2 Å². The monoisotopic (exact) mass is 266 g/mol. The highest BCUT2D eigenvalue weighted by Gasteiger charge is 2.11. The number of benzene rings is 1. The van der Waals surface area contributed by atoms with Gasteiger partial charge in [0.2, 0.25) is 0 Å². The zero-order chi connectivity index (χ0) is 14.3. The average Bonchev–Trinajstić information content (AvgIpc) is 2.37. The third-order valence-electron chi connectivity index (χ3n) is 2.63. The second-order valence-corrected chi connectivity index (χ2v) is 4.55. The van der Waals surface area contributed by atoms with Crippen LogP contribution in [0.4, 0.5) is 5.69 Å². The molecule has 0 radical (unpaired) electrons. The predicted octanol–water partition coefficient (Wildman–Crippen LogP) is 1.60. The molecule has 0 fully saturated rings. The maximum Gasteiger partial charge on any atom is 0.253 e. The summed E-state index contributed by atoms with van der Waals surface area (Å²) in [4.78, 5) is 13.7. The number of hydrogen-bond acceptors (Lipinski definition) is 4. The van der Waals surface area contributed by atoms with Gasteiger partial charge in [-0.1, -0.05) is 6.07 Å². The van der Waals surface area contributed by atoms with Crippen LogP contribution in [0.25, 0.3) is 0 Å². The molecular formula is C14H22N2O3. The Labute approximate surface area is 114 Å². The van der Waals surface area contributed by atoms with Gasteiger partial charge in [-0.2, -0.15) is 0 Å². The highest BCUT2D eigenvalue weighted by Crippen LogP contribution is 2.17. The number of methoxy groups -OCH3 is 1. The molecule has 1 atom stereocenters. The van der Waals surface area contributed by atoms with Crippen LogP contribution in [0.15, 0.2) is 24.3 Å². The summed E-state index contributed by atoms with van der Waals surface area (Å²) in [7, 11) is 5.49. The molecule has 1 N–H and O–H groups in total. The van der Waals surface area contributed by atoms with Crippen molar-refractivity contribution in [2.45, 2.75) is 13.0 Å². The van der Waals surface area contributed by atoms with Crippen molar-refractivity contribution >= 4 is 11.6 Å². The van der Waals surface area contributed by atoms with E-state index < -0.39 is 6.10 Å². The van der Waals surface area contributed by atoms with Gasteiger partial charge in [0.15, 0.2) is 0 Å². The van der Waals surface area contributed by atoms with Crippen molar-refractivity contribution in [2.75, 3.05) is 39.7 Å². The van der Waals surface area contributed by atoms with Gasteiger partial charge < -0.3 is 19.7 Å². The first kappa shape index (κ1) is 15.5. The Morgan fingerprint density at radius 2 is 2.16 bits per heavy atom. The molecule has 0 aliphatic heterocycles. The molecule has 106 valence electrons. The van der Waals surface area contributed by atoms with Crippen LogP contribution < -0.4 is 10.1 Å². The summed E-state index contributed by atoms with van der Waals surface area (Å²) < 4.78 is 10.6. The molecule has 0 spiro atoms. The van der Waals surface area contributed by atoms with E-state index in [0.29, 0.717) is 12.3 Å². The zero-order valence-corrected chi connectivity index (χ0v) is 12.0. The SMILES string of the molecule is COC(C)C(=O)Nc1cccc(OCCN(C)C)c1. The predicted molar refractivity (Wildman–Crippen MR) is 75.6 cm³/mol. The fourth-order valence-electron chi connectivity index (χ4n) is 1.36. The number of amides is 1. The van der Waals surface area contributed by atoms with Crippen LogP contribution in [-0.4, -0.2) is 51.3 Å². The molecule has 0 aromatic heterocycles. The van der Waals surface area contributed by atoms with E-state index in [4.69, 9.17) is 9.47 Å². The van der Waals surface area contributed by atoms with Crippen molar-refractivity contribution in [1.29, 1.82) is 0 Å². The third-order valence-corrected chi connectivity index (χ3v) is 2.63. The molecule has 1 rings (SSSR count). The summed E-state index contributed by atoms with van der Waals surface area (Å²) in [5, 5.41) is 2.78. The molecule has 1 aromatic carbocycles. The van der Waals surface area contributed by atoms with Crippen molar-refractivity contribution in [1.82, 2.24) is 4.90 Å². The fraction of sp³-hybridized carbons (Fsp3) is 0.500. The minimum Gasteiger partial charge on any atom is -0.492 e. The van der Waals surface area contributed by atoms with Crippen molar-refractivity contribution in [3.63, 3.8) is 0 Å². The molecule has 5 nitrogen and oxygen atoms in total. The number of likely N-dealkylation sites (N-methyl/N-ethyl adjacent to an activating group) is 1. The average molecular weight is 266 g/mol.